The van der Waals surface area contributed by atoms with Crippen molar-refractivity contribution in [3.63, 3.8) is 0 Å². The van der Waals surface area contributed by atoms with Crippen molar-refractivity contribution in [2.75, 3.05) is 13.1 Å². The van der Waals surface area contributed by atoms with Crippen LogP contribution in [-0.4, -0.2) is 29.9 Å². The minimum Gasteiger partial charge on any atom is -0.341 e. The highest BCUT2D eigenvalue weighted by Gasteiger charge is 2.27. The van der Waals surface area contributed by atoms with E-state index in [1.807, 2.05) is 11.8 Å². The number of fused-ring (bicyclic) bond motifs is 1. The van der Waals surface area contributed by atoms with Gasteiger partial charge in [0.05, 0.1) is 6.04 Å². The van der Waals surface area contributed by atoms with Gasteiger partial charge in [0, 0.05) is 19.1 Å². The molecule has 108 valence electrons. The number of benzene rings is 1. The predicted octanol–water partition coefficient (Wildman–Crippen LogP) is 2.66. The second-order valence-electron chi connectivity index (χ2n) is 6.06. The number of hydrogen-bond donors (Lipinski definition) is 1. The summed E-state index contributed by atoms with van der Waals surface area (Å²) >= 11 is 0. The second-order valence-corrected chi connectivity index (χ2v) is 6.06. The van der Waals surface area contributed by atoms with Crippen LogP contribution in [0.4, 0.5) is 0 Å². The number of aryl methyl sites for hydroxylation is 1. The molecule has 1 aromatic rings. The first-order chi connectivity index (χ1) is 9.75. The van der Waals surface area contributed by atoms with Crippen LogP contribution in [0.2, 0.25) is 0 Å². The summed E-state index contributed by atoms with van der Waals surface area (Å²) in [6, 6.07) is 8.85. The van der Waals surface area contributed by atoms with Gasteiger partial charge in [-0.25, -0.2) is 0 Å². The minimum absolute atomic E-state index is 0.0794. The topological polar surface area (TPSA) is 32.3 Å². The zero-order chi connectivity index (χ0) is 13.9. The molecule has 3 heteroatoms. The molecule has 0 saturated carbocycles. The first kappa shape index (κ1) is 13.6. The van der Waals surface area contributed by atoms with Gasteiger partial charge in [-0.05, 0) is 50.2 Å². The monoisotopic (exact) mass is 272 g/mol. The maximum absolute atomic E-state index is 12.5. The van der Waals surface area contributed by atoms with E-state index in [4.69, 9.17) is 0 Å². The first-order valence-electron chi connectivity index (χ1n) is 7.88. The minimum atomic E-state index is -0.0794. The first-order valence-corrected chi connectivity index (χ1v) is 7.88. The lowest BCUT2D eigenvalue weighted by atomic mass is 10.1. The van der Waals surface area contributed by atoms with Crippen molar-refractivity contribution < 1.29 is 4.79 Å². The lowest BCUT2D eigenvalue weighted by Crippen LogP contribution is -2.47. The third kappa shape index (κ3) is 2.73. The Balaban J connectivity index is 1.62. The Morgan fingerprint density at radius 3 is 2.80 bits per heavy atom. The quantitative estimate of drug-likeness (QED) is 0.917. The van der Waals surface area contributed by atoms with E-state index in [0.717, 1.165) is 38.8 Å². The fourth-order valence-electron chi connectivity index (χ4n) is 3.49. The maximum Gasteiger partial charge on any atom is 0.239 e. The summed E-state index contributed by atoms with van der Waals surface area (Å²) < 4.78 is 0. The molecule has 1 aliphatic heterocycles. The van der Waals surface area contributed by atoms with Crippen molar-refractivity contribution >= 4 is 5.91 Å². The number of hydrogen-bond acceptors (Lipinski definition) is 2. The van der Waals surface area contributed by atoms with Gasteiger partial charge < -0.3 is 4.90 Å². The largest absolute Gasteiger partial charge is 0.341 e. The number of likely N-dealkylation sites (tertiary alicyclic amines) is 1. The molecule has 1 heterocycles. The molecular weight excluding hydrogens is 248 g/mol. The molecular formula is C17H24N2O. The van der Waals surface area contributed by atoms with E-state index < -0.39 is 0 Å². The van der Waals surface area contributed by atoms with Gasteiger partial charge in [0.25, 0.3) is 0 Å². The molecule has 2 atom stereocenters. The van der Waals surface area contributed by atoms with E-state index in [-0.39, 0.29) is 11.9 Å². The van der Waals surface area contributed by atoms with Crippen LogP contribution in [0.1, 0.15) is 49.8 Å². The van der Waals surface area contributed by atoms with Crippen molar-refractivity contribution in [3.05, 3.63) is 35.4 Å². The smallest absolute Gasteiger partial charge is 0.239 e. The standard InChI is InChI=1S/C17H24N2O/c1-13(17(20)19-11-5-2-6-12-19)18-16-10-9-14-7-3-4-8-15(14)16/h3-4,7-8,13,16,18H,2,5-6,9-12H2,1H3. The highest BCUT2D eigenvalue weighted by Crippen LogP contribution is 2.31. The number of rotatable bonds is 3. The highest BCUT2D eigenvalue weighted by molar-refractivity contribution is 5.81. The fraction of sp³-hybridized carbons (Fsp3) is 0.588. The van der Waals surface area contributed by atoms with E-state index in [9.17, 15) is 4.79 Å². The third-order valence-electron chi connectivity index (χ3n) is 4.62. The summed E-state index contributed by atoms with van der Waals surface area (Å²) in [7, 11) is 0. The van der Waals surface area contributed by atoms with Gasteiger partial charge in [-0.15, -0.1) is 0 Å². The Morgan fingerprint density at radius 2 is 2.00 bits per heavy atom. The van der Waals surface area contributed by atoms with Crippen LogP contribution >= 0.6 is 0 Å². The van der Waals surface area contributed by atoms with Gasteiger partial charge in [-0.2, -0.15) is 0 Å². The number of piperidine rings is 1. The van der Waals surface area contributed by atoms with Crippen LogP contribution in [0, 0.1) is 0 Å². The molecule has 2 unspecified atom stereocenters. The normalized spacial score (nSPS) is 23.4. The summed E-state index contributed by atoms with van der Waals surface area (Å²) in [6.45, 7) is 3.89. The second kappa shape index (κ2) is 5.96. The molecule has 3 rings (SSSR count). The molecule has 2 aliphatic rings. The highest BCUT2D eigenvalue weighted by atomic mass is 16.2. The number of amides is 1. The molecule has 1 aromatic carbocycles. The summed E-state index contributed by atoms with van der Waals surface area (Å²) in [5.74, 6) is 0.272. The molecule has 0 spiro atoms. The Labute approximate surface area is 121 Å². The molecule has 1 fully saturated rings. The zero-order valence-corrected chi connectivity index (χ0v) is 12.3. The molecule has 1 N–H and O–H groups in total. The summed E-state index contributed by atoms with van der Waals surface area (Å²) in [6.07, 6.45) is 5.81. The van der Waals surface area contributed by atoms with Crippen LogP contribution in [-0.2, 0) is 11.2 Å². The van der Waals surface area contributed by atoms with Gasteiger partial charge >= 0.3 is 0 Å². The van der Waals surface area contributed by atoms with E-state index in [1.54, 1.807) is 0 Å². The zero-order valence-electron chi connectivity index (χ0n) is 12.3. The van der Waals surface area contributed by atoms with Gasteiger partial charge in [0.1, 0.15) is 0 Å². The lowest BCUT2D eigenvalue weighted by molar-refractivity contribution is -0.134. The summed E-state index contributed by atoms with van der Waals surface area (Å²) in [5, 5.41) is 3.54. The lowest BCUT2D eigenvalue weighted by Gasteiger charge is -2.30. The van der Waals surface area contributed by atoms with Crippen molar-refractivity contribution in [3.8, 4) is 0 Å². The number of nitrogens with zero attached hydrogens (tertiary/aromatic N) is 1. The molecule has 0 radical (unpaired) electrons. The van der Waals surface area contributed by atoms with Crippen LogP contribution in [0.25, 0.3) is 0 Å². The molecule has 1 amide bonds. The van der Waals surface area contributed by atoms with E-state index in [1.165, 1.54) is 17.5 Å². The number of carbonyl (C=O) groups excluding carboxylic acids is 1. The van der Waals surface area contributed by atoms with Crippen molar-refractivity contribution in [2.45, 2.75) is 51.1 Å². The van der Waals surface area contributed by atoms with Crippen LogP contribution < -0.4 is 5.32 Å². The molecule has 20 heavy (non-hydrogen) atoms. The summed E-state index contributed by atoms with van der Waals surface area (Å²) in [4.78, 5) is 14.5. The summed E-state index contributed by atoms with van der Waals surface area (Å²) in [5.41, 5.74) is 2.81. The Kier molecular flexibility index (Phi) is 4.06. The number of nitrogens with one attached hydrogen (secondary N) is 1. The number of carbonyl (C=O) groups is 1. The van der Waals surface area contributed by atoms with Gasteiger partial charge in [0.15, 0.2) is 0 Å². The van der Waals surface area contributed by atoms with Crippen molar-refractivity contribution in [1.29, 1.82) is 0 Å². The van der Waals surface area contributed by atoms with Crippen LogP contribution in [0.15, 0.2) is 24.3 Å². The van der Waals surface area contributed by atoms with Crippen LogP contribution in [0.3, 0.4) is 0 Å². The maximum atomic E-state index is 12.5. The molecule has 1 saturated heterocycles. The van der Waals surface area contributed by atoms with E-state index >= 15 is 0 Å². The van der Waals surface area contributed by atoms with Crippen molar-refractivity contribution in [2.24, 2.45) is 0 Å². The Bertz CT molecular complexity index is 480. The molecule has 0 bridgehead atoms. The Morgan fingerprint density at radius 1 is 1.25 bits per heavy atom. The SMILES string of the molecule is CC(NC1CCc2ccccc21)C(=O)N1CCCCC1. The third-order valence-corrected chi connectivity index (χ3v) is 4.62. The van der Waals surface area contributed by atoms with Gasteiger partial charge in [-0.3, -0.25) is 10.1 Å². The van der Waals surface area contributed by atoms with Crippen LogP contribution in [0.5, 0.6) is 0 Å². The predicted molar refractivity (Wildman–Crippen MR) is 80.5 cm³/mol. The molecule has 0 aromatic heterocycles. The molecule has 1 aliphatic carbocycles. The Hall–Kier alpha value is -1.35. The fourth-order valence-corrected chi connectivity index (χ4v) is 3.49. The van der Waals surface area contributed by atoms with Crippen molar-refractivity contribution in [1.82, 2.24) is 10.2 Å². The molecule has 3 nitrogen and oxygen atoms in total. The van der Waals surface area contributed by atoms with E-state index in [2.05, 4.69) is 29.6 Å². The van der Waals surface area contributed by atoms with Gasteiger partial charge in [-0.1, -0.05) is 24.3 Å². The average Bonchev–Trinajstić information content (AvgIpc) is 2.91. The van der Waals surface area contributed by atoms with E-state index in [0.29, 0.717) is 6.04 Å². The van der Waals surface area contributed by atoms with Gasteiger partial charge in [0.2, 0.25) is 5.91 Å². The average molecular weight is 272 g/mol.